The molecule has 0 radical (unpaired) electrons. The number of amides is 1. The van der Waals surface area contributed by atoms with E-state index in [1.165, 1.54) is 6.92 Å². The van der Waals surface area contributed by atoms with Crippen LogP contribution in [-0.2, 0) is 11.2 Å². The Morgan fingerprint density at radius 1 is 0.935 bits per heavy atom. The number of aryl methyl sites for hydroxylation is 1. The first-order valence-corrected chi connectivity index (χ1v) is 10.2. The predicted octanol–water partition coefficient (Wildman–Crippen LogP) is 5.62. The molecule has 1 amide bonds. The Morgan fingerprint density at radius 3 is 2.32 bits per heavy atom. The highest BCUT2D eigenvalue weighted by atomic mass is 16.5. The first kappa shape index (κ1) is 20.4. The lowest BCUT2D eigenvalue weighted by molar-refractivity contribution is -0.116. The first-order valence-electron chi connectivity index (χ1n) is 10.2. The van der Waals surface area contributed by atoms with E-state index in [1.807, 2.05) is 42.5 Å². The number of fused-ring (bicyclic) bond motifs is 1. The van der Waals surface area contributed by atoms with Crippen molar-refractivity contribution < 1.29 is 14.3 Å². The second-order valence-corrected chi connectivity index (χ2v) is 7.43. The van der Waals surface area contributed by atoms with Crippen LogP contribution in [-0.4, -0.2) is 23.8 Å². The van der Waals surface area contributed by atoms with Gasteiger partial charge in [0.2, 0.25) is 5.91 Å². The summed E-state index contributed by atoms with van der Waals surface area (Å²) in [6, 6.07) is 23.0. The summed E-state index contributed by atoms with van der Waals surface area (Å²) < 4.78 is 5.27. The predicted molar refractivity (Wildman–Crippen MR) is 124 cm³/mol. The summed E-state index contributed by atoms with van der Waals surface area (Å²) in [6.45, 7) is 1.52. The summed E-state index contributed by atoms with van der Waals surface area (Å²) >= 11 is 0. The van der Waals surface area contributed by atoms with Gasteiger partial charge in [-0.15, -0.1) is 0 Å². The van der Waals surface area contributed by atoms with Crippen LogP contribution in [0.2, 0.25) is 0 Å². The van der Waals surface area contributed by atoms with Crippen LogP contribution in [0, 0.1) is 0 Å². The van der Waals surface area contributed by atoms with E-state index < -0.39 is 0 Å². The number of hydrogen-bond acceptors (Lipinski definition) is 3. The molecule has 3 aromatic carbocycles. The second-order valence-electron chi connectivity index (χ2n) is 7.43. The van der Waals surface area contributed by atoms with Crippen molar-refractivity contribution in [1.29, 1.82) is 0 Å². The van der Waals surface area contributed by atoms with Crippen molar-refractivity contribution in [2.45, 2.75) is 19.8 Å². The van der Waals surface area contributed by atoms with Gasteiger partial charge in [-0.3, -0.25) is 9.59 Å². The summed E-state index contributed by atoms with van der Waals surface area (Å²) in [7, 11) is 1.65. The van der Waals surface area contributed by atoms with Crippen molar-refractivity contribution in [3.8, 4) is 17.0 Å². The van der Waals surface area contributed by atoms with Crippen LogP contribution in [0.1, 0.15) is 29.3 Å². The van der Waals surface area contributed by atoms with Crippen molar-refractivity contribution >= 4 is 28.3 Å². The maximum Gasteiger partial charge on any atom is 0.224 e. The molecule has 156 valence electrons. The molecular formula is C26H24N2O3. The lowest BCUT2D eigenvalue weighted by Crippen LogP contribution is -2.12. The number of rotatable bonds is 7. The van der Waals surface area contributed by atoms with E-state index in [1.54, 1.807) is 31.4 Å². The number of carbonyl (C=O) groups excluding carboxylic acids is 2. The van der Waals surface area contributed by atoms with Gasteiger partial charge in [-0.1, -0.05) is 18.2 Å². The standard InChI is InChI=1S/C26H24N2O3/c1-17(29)18-7-11-20(12-8-18)27-25(30)16-15-23-22-5-3-4-6-24(22)28-26(23)19-9-13-21(31-2)14-10-19/h3-14,28H,15-16H2,1-2H3,(H,27,30). The van der Waals surface area contributed by atoms with Crippen LogP contribution in [0.3, 0.4) is 0 Å². The molecule has 0 unspecified atom stereocenters. The van der Waals surface area contributed by atoms with Crippen molar-refractivity contribution in [3.05, 3.63) is 83.9 Å². The van der Waals surface area contributed by atoms with Crippen LogP contribution >= 0.6 is 0 Å². The second kappa shape index (κ2) is 8.88. The zero-order valence-electron chi connectivity index (χ0n) is 17.6. The lowest BCUT2D eigenvalue weighted by Gasteiger charge is -2.08. The molecule has 0 atom stereocenters. The van der Waals surface area contributed by atoms with Crippen molar-refractivity contribution in [3.63, 3.8) is 0 Å². The number of aromatic amines is 1. The summed E-state index contributed by atoms with van der Waals surface area (Å²) in [5, 5.41) is 4.03. The summed E-state index contributed by atoms with van der Waals surface area (Å²) in [5.41, 5.74) is 5.53. The molecule has 4 rings (SSSR count). The van der Waals surface area contributed by atoms with E-state index in [4.69, 9.17) is 4.74 Å². The van der Waals surface area contributed by atoms with E-state index in [2.05, 4.69) is 16.4 Å². The molecule has 5 nitrogen and oxygen atoms in total. The molecule has 0 spiro atoms. The van der Waals surface area contributed by atoms with E-state index >= 15 is 0 Å². The summed E-state index contributed by atoms with van der Waals surface area (Å²) in [6.07, 6.45) is 0.947. The van der Waals surface area contributed by atoms with Gasteiger partial charge in [0.1, 0.15) is 5.75 Å². The molecule has 0 saturated heterocycles. The topological polar surface area (TPSA) is 71.2 Å². The summed E-state index contributed by atoms with van der Waals surface area (Å²) in [5.74, 6) is 0.737. The van der Waals surface area contributed by atoms with Gasteiger partial charge in [-0.2, -0.15) is 0 Å². The molecule has 31 heavy (non-hydrogen) atoms. The van der Waals surface area contributed by atoms with Gasteiger partial charge >= 0.3 is 0 Å². The minimum absolute atomic E-state index is 0.00303. The molecule has 2 N–H and O–H groups in total. The normalized spacial score (nSPS) is 10.8. The molecule has 0 saturated carbocycles. The fourth-order valence-electron chi connectivity index (χ4n) is 3.71. The Morgan fingerprint density at radius 2 is 1.65 bits per heavy atom. The zero-order chi connectivity index (χ0) is 21.8. The number of hydrogen-bond donors (Lipinski definition) is 2. The van der Waals surface area contributed by atoms with Gasteiger partial charge in [-0.25, -0.2) is 0 Å². The number of methoxy groups -OCH3 is 1. The number of carbonyl (C=O) groups is 2. The van der Waals surface area contributed by atoms with E-state index in [-0.39, 0.29) is 11.7 Å². The van der Waals surface area contributed by atoms with Gasteiger partial charge in [0.15, 0.2) is 5.78 Å². The number of ether oxygens (including phenoxy) is 1. The van der Waals surface area contributed by atoms with Crippen molar-refractivity contribution in [2.24, 2.45) is 0 Å². The third-order valence-corrected chi connectivity index (χ3v) is 5.37. The maximum atomic E-state index is 12.6. The van der Waals surface area contributed by atoms with Crippen LogP contribution in [0.15, 0.2) is 72.8 Å². The molecule has 0 bridgehead atoms. The minimum atomic E-state index is -0.0680. The van der Waals surface area contributed by atoms with Gasteiger partial charge < -0.3 is 15.0 Å². The molecule has 1 aromatic heterocycles. The molecule has 5 heteroatoms. The van der Waals surface area contributed by atoms with Crippen LogP contribution in [0.4, 0.5) is 5.69 Å². The Balaban J connectivity index is 1.54. The van der Waals surface area contributed by atoms with Gasteiger partial charge in [0, 0.05) is 34.3 Å². The molecule has 4 aromatic rings. The average Bonchev–Trinajstić information content (AvgIpc) is 3.16. The Hall–Kier alpha value is -3.86. The fourth-order valence-corrected chi connectivity index (χ4v) is 3.71. The maximum absolute atomic E-state index is 12.6. The van der Waals surface area contributed by atoms with Crippen molar-refractivity contribution in [2.75, 3.05) is 12.4 Å². The minimum Gasteiger partial charge on any atom is -0.497 e. The third-order valence-electron chi connectivity index (χ3n) is 5.37. The Labute approximate surface area is 181 Å². The quantitative estimate of drug-likeness (QED) is 0.387. The number of ketones is 1. The van der Waals surface area contributed by atoms with E-state index in [9.17, 15) is 9.59 Å². The van der Waals surface area contributed by atoms with Crippen molar-refractivity contribution in [1.82, 2.24) is 4.98 Å². The Bertz CT molecular complexity index is 1220. The highest BCUT2D eigenvalue weighted by Gasteiger charge is 2.15. The number of para-hydroxylation sites is 1. The van der Waals surface area contributed by atoms with E-state index in [0.29, 0.717) is 24.1 Å². The smallest absolute Gasteiger partial charge is 0.224 e. The molecule has 0 aliphatic rings. The Kier molecular flexibility index (Phi) is 5.85. The summed E-state index contributed by atoms with van der Waals surface area (Å²) in [4.78, 5) is 27.5. The van der Waals surface area contributed by atoms with Crippen LogP contribution < -0.4 is 10.1 Å². The van der Waals surface area contributed by atoms with Gasteiger partial charge in [-0.05, 0) is 79.1 Å². The van der Waals surface area contributed by atoms with Crippen LogP contribution in [0.25, 0.3) is 22.2 Å². The number of H-pyrrole nitrogens is 1. The van der Waals surface area contributed by atoms with Gasteiger partial charge in [0.25, 0.3) is 0 Å². The average molecular weight is 412 g/mol. The molecule has 0 aliphatic carbocycles. The monoisotopic (exact) mass is 412 g/mol. The first-order chi connectivity index (χ1) is 15.0. The number of anilines is 1. The number of aromatic nitrogens is 1. The van der Waals surface area contributed by atoms with E-state index in [0.717, 1.165) is 33.5 Å². The SMILES string of the molecule is COc1ccc(-c2[nH]c3ccccc3c2CCC(=O)Nc2ccc(C(C)=O)cc2)cc1. The highest BCUT2D eigenvalue weighted by Crippen LogP contribution is 2.32. The molecule has 0 fully saturated rings. The molecular weight excluding hydrogens is 388 g/mol. The lowest BCUT2D eigenvalue weighted by atomic mass is 10.0. The molecule has 0 aliphatic heterocycles. The largest absolute Gasteiger partial charge is 0.497 e. The third kappa shape index (κ3) is 4.51. The number of benzene rings is 3. The van der Waals surface area contributed by atoms with Crippen LogP contribution in [0.5, 0.6) is 5.75 Å². The number of Topliss-reactive ketones (excluding diaryl/α,β-unsaturated/α-hetero) is 1. The fraction of sp³-hybridized carbons (Fsp3) is 0.154. The highest BCUT2D eigenvalue weighted by molar-refractivity contribution is 5.96. The number of nitrogens with one attached hydrogen (secondary N) is 2. The zero-order valence-corrected chi connectivity index (χ0v) is 17.6. The van der Waals surface area contributed by atoms with Gasteiger partial charge in [0.05, 0.1) is 7.11 Å². The molecule has 1 heterocycles.